The molecule has 2 aliphatic rings. The minimum absolute atomic E-state index is 0.0851. The molecular formula is C29H28F2N4OS2. The Bertz CT molecular complexity index is 1280. The first kappa shape index (κ1) is 24.9. The number of hydrogen-bond acceptors (Lipinski definition) is 7. The average Bonchev–Trinajstić information content (AvgIpc) is 3.65. The number of piperazine rings is 2. The van der Waals surface area contributed by atoms with Crippen LogP contribution in [0.3, 0.4) is 0 Å². The topological polar surface area (TPSA) is 30.0 Å². The maximum absolute atomic E-state index is 13.8. The van der Waals surface area contributed by atoms with Crippen LogP contribution >= 0.6 is 22.7 Å². The summed E-state index contributed by atoms with van der Waals surface area (Å²) in [4.78, 5) is 24.5. The van der Waals surface area contributed by atoms with Crippen molar-refractivity contribution in [3.8, 4) is 0 Å². The van der Waals surface area contributed by atoms with E-state index >= 15 is 0 Å². The summed E-state index contributed by atoms with van der Waals surface area (Å²) in [6, 6.07) is 17.4. The Kier molecular flexibility index (Phi) is 7.04. The Hall–Kier alpha value is -3.43. The van der Waals surface area contributed by atoms with E-state index in [2.05, 4.69) is 31.7 Å². The number of anilines is 4. The van der Waals surface area contributed by atoms with Crippen molar-refractivity contribution in [2.45, 2.75) is 0 Å². The number of nitrogens with zero attached hydrogens (tertiary/aromatic N) is 4. The van der Waals surface area contributed by atoms with Crippen molar-refractivity contribution in [2.24, 2.45) is 0 Å². The highest BCUT2D eigenvalue weighted by molar-refractivity contribution is 7.16. The van der Waals surface area contributed by atoms with Gasteiger partial charge in [0.15, 0.2) is 0 Å². The molecule has 38 heavy (non-hydrogen) atoms. The van der Waals surface area contributed by atoms with Gasteiger partial charge in [-0.3, -0.25) is 4.79 Å². The van der Waals surface area contributed by atoms with Gasteiger partial charge < -0.3 is 19.6 Å². The number of halogens is 2. The Morgan fingerprint density at radius 3 is 1.24 bits per heavy atom. The van der Waals surface area contributed by atoms with Crippen LogP contribution in [0.25, 0.3) is 0 Å². The van der Waals surface area contributed by atoms with Crippen molar-refractivity contribution < 1.29 is 13.6 Å². The van der Waals surface area contributed by atoms with Crippen molar-refractivity contribution in [1.82, 2.24) is 0 Å². The summed E-state index contributed by atoms with van der Waals surface area (Å²) in [5.74, 6) is -0.366. The van der Waals surface area contributed by atoms with E-state index in [1.54, 1.807) is 0 Å². The third-order valence-corrected chi connectivity index (χ3v) is 9.13. The largest absolute Gasteiger partial charge is 0.368 e. The maximum atomic E-state index is 13.8. The highest BCUT2D eigenvalue weighted by Crippen LogP contribution is 2.36. The molecule has 2 aromatic carbocycles. The van der Waals surface area contributed by atoms with E-state index in [4.69, 9.17) is 0 Å². The van der Waals surface area contributed by atoms with E-state index in [0.717, 1.165) is 84.9 Å². The summed E-state index contributed by atoms with van der Waals surface area (Å²) in [5.41, 5.74) is 4.05. The zero-order valence-corrected chi connectivity index (χ0v) is 22.5. The molecule has 0 N–H and O–H groups in total. The number of rotatable bonds is 6. The van der Waals surface area contributed by atoms with Crippen LogP contribution < -0.4 is 19.6 Å². The first-order valence-corrected chi connectivity index (χ1v) is 14.5. The summed E-state index contributed by atoms with van der Waals surface area (Å²) in [7, 11) is 0. The molecule has 4 heterocycles. The molecule has 0 saturated carbocycles. The Balaban J connectivity index is 1.12. The molecular weight excluding hydrogens is 522 g/mol. The molecule has 4 aromatic rings. The summed E-state index contributed by atoms with van der Waals surface area (Å²) in [5, 5.41) is 4.01. The molecule has 9 heteroatoms. The van der Waals surface area contributed by atoms with Gasteiger partial charge in [0.05, 0.1) is 21.1 Å². The molecule has 2 aliphatic heterocycles. The van der Waals surface area contributed by atoms with E-state index in [1.165, 1.54) is 46.9 Å². The number of thiophene rings is 2. The van der Waals surface area contributed by atoms with Crippen LogP contribution in [-0.2, 0) is 0 Å². The lowest BCUT2D eigenvalue weighted by molar-refractivity contribution is 0.104. The predicted octanol–water partition coefficient (Wildman–Crippen LogP) is 5.97. The molecule has 6 rings (SSSR count). The Morgan fingerprint density at radius 2 is 0.868 bits per heavy atom. The third-order valence-electron chi connectivity index (χ3n) is 7.33. The summed E-state index contributed by atoms with van der Waals surface area (Å²) in [6.07, 6.45) is 0. The Morgan fingerprint density at radius 1 is 0.526 bits per heavy atom. The van der Waals surface area contributed by atoms with E-state index in [1.807, 2.05) is 35.0 Å². The van der Waals surface area contributed by atoms with Gasteiger partial charge in [-0.2, -0.15) is 0 Å². The monoisotopic (exact) mass is 550 g/mol. The second-order valence-corrected chi connectivity index (χ2v) is 11.3. The standard InChI is InChI=1S/C29H28F2N4OS2/c30-21-1-5-23(6-2-21)32-11-15-34(16-12-32)25-9-19-37-28(25)27(36)29-26(10-20-38-29)35-17-13-33(14-18-35)24-7-3-22(31)4-8-24/h1-10,19-20H,11-18H2. The van der Waals surface area contributed by atoms with Crippen LogP contribution in [-0.4, -0.2) is 58.1 Å². The van der Waals surface area contributed by atoms with Crippen molar-refractivity contribution in [3.05, 3.63) is 92.8 Å². The van der Waals surface area contributed by atoms with Crippen LogP contribution in [0.15, 0.2) is 71.4 Å². The van der Waals surface area contributed by atoms with E-state index in [9.17, 15) is 13.6 Å². The van der Waals surface area contributed by atoms with Crippen molar-refractivity contribution in [3.63, 3.8) is 0 Å². The molecule has 196 valence electrons. The lowest BCUT2D eigenvalue weighted by atomic mass is 10.1. The zero-order valence-electron chi connectivity index (χ0n) is 20.9. The molecule has 5 nitrogen and oxygen atoms in total. The summed E-state index contributed by atoms with van der Waals surface area (Å²) < 4.78 is 26.6. The quantitative estimate of drug-likeness (QED) is 0.276. The van der Waals surface area contributed by atoms with Gasteiger partial charge in [-0.25, -0.2) is 8.78 Å². The van der Waals surface area contributed by atoms with Crippen LogP contribution in [0.5, 0.6) is 0 Å². The molecule has 0 spiro atoms. The van der Waals surface area contributed by atoms with E-state index < -0.39 is 0 Å². The molecule has 0 aliphatic carbocycles. The van der Waals surface area contributed by atoms with E-state index in [-0.39, 0.29) is 17.4 Å². The smallest absolute Gasteiger partial charge is 0.217 e. The van der Waals surface area contributed by atoms with E-state index in [0.29, 0.717) is 0 Å². The Labute approximate surface area is 229 Å². The number of carbonyl (C=O) groups excluding carboxylic acids is 1. The van der Waals surface area contributed by atoms with Crippen LogP contribution in [0.1, 0.15) is 14.5 Å². The molecule has 0 atom stereocenters. The van der Waals surface area contributed by atoms with Crippen molar-refractivity contribution >= 4 is 51.2 Å². The van der Waals surface area contributed by atoms with Gasteiger partial charge in [0, 0.05) is 63.7 Å². The van der Waals surface area contributed by atoms with Crippen LogP contribution in [0.2, 0.25) is 0 Å². The van der Waals surface area contributed by atoms with Gasteiger partial charge in [0.25, 0.3) is 0 Å². The predicted molar refractivity (Wildman–Crippen MR) is 154 cm³/mol. The average molecular weight is 551 g/mol. The number of ketones is 1. The lowest BCUT2D eigenvalue weighted by Crippen LogP contribution is -2.47. The highest BCUT2D eigenvalue weighted by Gasteiger charge is 2.28. The molecule has 0 unspecified atom stereocenters. The van der Waals surface area contributed by atoms with Gasteiger partial charge in [-0.05, 0) is 71.4 Å². The zero-order chi connectivity index (χ0) is 26.1. The molecule has 0 radical (unpaired) electrons. The van der Waals surface area contributed by atoms with Crippen LogP contribution in [0, 0.1) is 11.6 Å². The lowest BCUT2D eigenvalue weighted by Gasteiger charge is -2.38. The number of hydrogen-bond donors (Lipinski definition) is 0. The SMILES string of the molecule is O=C(c1sccc1N1CCN(c2ccc(F)cc2)CC1)c1sccc1N1CCN(c2ccc(F)cc2)CC1. The van der Waals surface area contributed by atoms with Gasteiger partial charge >= 0.3 is 0 Å². The summed E-state index contributed by atoms with van der Waals surface area (Å²) >= 11 is 3.01. The van der Waals surface area contributed by atoms with Crippen molar-refractivity contribution in [2.75, 3.05) is 72.0 Å². The van der Waals surface area contributed by atoms with Crippen molar-refractivity contribution in [1.29, 1.82) is 0 Å². The number of benzene rings is 2. The minimum atomic E-state index is -0.225. The van der Waals surface area contributed by atoms with Gasteiger partial charge in [0.1, 0.15) is 11.6 Å². The fraction of sp³-hybridized carbons (Fsp3) is 0.276. The fourth-order valence-electron chi connectivity index (χ4n) is 5.26. The molecule has 2 aromatic heterocycles. The third kappa shape index (κ3) is 5.00. The highest BCUT2D eigenvalue weighted by atomic mass is 32.1. The number of carbonyl (C=O) groups is 1. The molecule has 0 bridgehead atoms. The normalized spacial score (nSPS) is 16.3. The van der Waals surface area contributed by atoms with Crippen LogP contribution in [0.4, 0.5) is 31.5 Å². The molecule has 2 fully saturated rings. The van der Waals surface area contributed by atoms with Gasteiger partial charge in [-0.1, -0.05) is 0 Å². The van der Waals surface area contributed by atoms with Gasteiger partial charge in [0.2, 0.25) is 5.78 Å². The fourth-order valence-corrected chi connectivity index (χ4v) is 7.05. The first-order chi connectivity index (χ1) is 18.6. The summed E-state index contributed by atoms with van der Waals surface area (Å²) in [6.45, 7) is 6.48. The molecule has 0 amide bonds. The van der Waals surface area contributed by atoms with Gasteiger partial charge in [-0.15, -0.1) is 22.7 Å². The second kappa shape index (κ2) is 10.7. The maximum Gasteiger partial charge on any atom is 0.217 e. The first-order valence-electron chi connectivity index (χ1n) is 12.8. The minimum Gasteiger partial charge on any atom is -0.368 e. The molecule has 2 saturated heterocycles. The second-order valence-electron chi connectivity index (χ2n) is 9.50.